The zero-order valence-electron chi connectivity index (χ0n) is 8.81. The molecule has 16 heavy (non-hydrogen) atoms. The van der Waals surface area contributed by atoms with Gasteiger partial charge in [-0.1, -0.05) is 6.07 Å². The first kappa shape index (κ1) is 13.0. The molecule has 0 fully saturated rings. The Hall–Kier alpha value is -1.10. The molecule has 0 saturated heterocycles. The molecule has 0 radical (unpaired) electrons. The van der Waals surface area contributed by atoms with E-state index in [4.69, 9.17) is 5.73 Å². The molecule has 2 N–H and O–H groups in total. The highest BCUT2D eigenvalue weighted by molar-refractivity contribution is 5.26. The van der Waals surface area contributed by atoms with E-state index in [-0.39, 0.29) is 11.6 Å². The van der Waals surface area contributed by atoms with Crippen molar-refractivity contribution in [2.24, 2.45) is 5.73 Å². The Morgan fingerprint density at radius 1 is 1.31 bits per heavy atom. The van der Waals surface area contributed by atoms with Gasteiger partial charge >= 0.3 is 6.18 Å². The highest BCUT2D eigenvalue weighted by atomic mass is 19.4. The summed E-state index contributed by atoms with van der Waals surface area (Å²) in [6, 6.07) is 2.48. The summed E-state index contributed by atoms with van der Waals surface area (Å²) in [5.74, 6) is -0.824. The molecule has 0 heterocycles. The van der Waals surface area contributed by atoms with Crippen LogP contribution in [0.25, 0.3) is 0 Å². The lowest BCUT2D eigenvalue weighted by atomic mass is 10.0. The number of hydrogen-bond acceptors (Lipinski definition) is 1. The van der Waals surface area contributed by atoms with Gasteiger partial charge in [0.25, 0.3) is 0 Å². The fourth-order valence-electron chi connectivity index (χ4n) is 1.31. The standard InChI is InChI=1S/C11H13F4N/c1-7(16)2-3-8-4-5-9(6-10(8)12)11(13,14)15/h4-7H,2-3,16H2,1H3. The molecule has 0 bridgehead atoms. The Morgan fingerprint density at radius 3 is 2.38 bits per heavy atom. The molecular weight excluding hydrogens is 222 g/mol. The SMILES string of the molecule is CC(N)CCc1ccc(C(F)(F)F)cc1F. The second-order valence-corrected chi connectivity index (χ2v) is 3.82. The third-order valence-corrected chi connectivity index (χ3v) is 2.25. The van der Waals surface area contributed by atoms with Crippen LogP contribution in [0.15, 0.2) is 18.2 Å². The van der Waals surface area contributed by atoms with Crippen LogP contribution < -0.4 is 5.73 Å². The number of alkyl halides is 3. The van der Waals surface area contributed by atoms with Crippen molar-refractivity contribution in [1.29, 1.82) is 0 Å². The minimum absolute atomic E-state index is 0.0957. The molecule has 90 valence electrons. The van der Waals surface area contributed by atoms with Gasteiger partial charge in [-0.15, -0.1) is 0 Å². The number of aryl methyl sites for hydroxylation is 1. The quantitative estimate of drug-likeness (QED) is 0.800. The lowest BCUT2D eigenvalue weighted by Crippen LogP contribution is -2.16. The van der Waals surface area contributed by atoms with Gasteiger partial charge in [0.1, 0.15) is 5.82 Å². The molecule has 1 aromatic carbocycles. The summed E-state index contributed by atoms with van der Waals surface area (Å²) in [6.45, 7) is 1.77. The Labute approximate surface area is 91.3 Å². The van der Waals surface area contributed by atoms with E-state index in [1.807, 2.05) is 0 Å². The van der Waals surface area contributed by atoms with Crippen LogP contribution in [-0.4, -0.2) is 6.04 Å². The van der Waals surface area contributed by atoms with Crippen molar-refractivity contribution in [3.8, 4) is 0 Å². The predicted molar refractivity (Wildman–Crippen MR) is 53.4 cm³/mol. The molecule has 0 aliphatic carbocycles. The molecule has 1 unspecified atom stereocenters. The summed E-state index contributed by atoms with van der Waals surface area (Å²) < 4.78 is 50.0. The van der Waals surface area contributed by atoms with Crippen molar-refractivity contribution >= 4 is 0 Å². The number of rotatable bonds is 3. The van der Waals surface area contributed by atoms with E-state index < -0.39 is 17.6 Å². The Kier molecular flexibility index (Phi) is 3.91. The fraction of sp³-hybridized carbons (Fsp3) is 0.455. The molecule has 1 rings (SSSR count). The third kappa shape index (κ3) is 3.48. The highest BCUT2D eigenvalue weighted by Crippen LogP contribution is 2.30. The maximum atomic E-state index is 13.3. The second kappa shape index (κ2) is 4.82. The van der Waals surface area contributed by atoms with E-state index in [2.05, 4.69) is 0 Å². The molecule has 0 amide bonds. The lowest BCUT2D eigenvalue weighted by Gasteiger charge is -2.10. The molecule has 0 aliphatic heterocycles. The maximum Gasteiger partial charge on any atom is 0.416 e. The molecule has 0 spiro atoms. The van der Waals surface area contributed by atoms with Crippen LogP contribution in [-0.2, 0) is 12.6 Å². The minimum atomic E-state index is -4.50. The average molecular weight is 235 g/mol. The summed E-state index contributed by atoms with van der Waals surface area (Å²) in [4.78, 5) is 0. The fourth-order valence-corrected chi connectivity index (χ4v) is 1.31. The first-order chi connectivity index (χ1) is 7.30. The Balaban J connectivity index is 2.84. The van der Waals surface area contributed by atoms with Crippen molar-refractivity contribution in [1.82, 2.24) is 0 Å². The summed E-state index contributed by atoms with van der Waals surface area (Å²) in [5.41, 5.74) is 4.79. The van der Waals surface area contributed by atoms with Crippen molar-refractivity contribution in [2.75, 3.05) is 0 Å². The summed E-state index contributed by atoms with van der Waals surface area (Å²) in [5, 5.41) is 0. The summed E-state index contributed by atoms with van der Waals surface area (Å²) in [7, 11) is 0. The van der Waals surface area contributed by atoms with Gasteiger partial charge in [-0.3, -0.25) is 0 Å². The van der Waals surface area contributed by atoms with Gasteiger partial charge in [0.05, 0.1) is 5.56 Å². The van der Waals surface area contributed by atoms with Crippen molar-refractivity contribution in [2.45, 2.75) is 32.0 Å². The van der Waals surface area contributed by atoms with Gasteiger partial charge in [0.2, 0.25) is 0 Å². The molecule has 1 nitrogen and oxygen atoms in total. The van der Waals surface area contributed by atoms with E-state index in [1.54, 1.807) is 6.92 Å². The van der Waals surface area contributed by atoms with E-state index in [0.717, 1.165) is 6.07 Å². The largest absolute Gasteiger partial charge is 0.416 e. The van der Waals surface area contributed by atoms with Gasteiger partial charge in [-0.2, -0.15) is 13.2 Å². The minimum Gasteiger partial charge on any atom is -0.328 e. The zero-order valence-corrected chi connectivity index (χ0v) is 8.81. The van der Waals surface area contributed by atoms with E-state index in [0.29, 0.717) is 18.9 Å². The van der Waals surface area contributed by atoms with Crippen molar-refractivity contribution < 1.29 is 17.6 Å². The molecule has 0 aliphatic rings. The van der Waals surface area contributed by atoms with Crippen LogP contribution in [0.1, 0.15) is 24.5 Å². The van der Waals surface area contributed by atoms with E-state index >= 15 is 0 Å². The lowest BCUT2D eigenvalue weighted by molar-refractivity contribution is -0.137. The topological polar surface area (TPSA) is 26.0 Å². The van der Waals surface area contributed by atoms with E-state index in [9.17, 15) is 17.6 Å². The van der Waals surface area contributed by atoms with Crippen LogP contribution in [0.5, 0.6) is 0 Å². The maximum absolute atomic E-state index is 13.3. The number of halogens is 4. The predicted octanol–water partition coefficient (Wildman–Crippen LogP) is 3.12. The highest BCUT2D eigenvalue weighted by Gasteiger charge is 2.31. The van der Waals surface area contributed by atoms with Crippen LogP contribution in [0, 0.1) is 5.82 Å². The average Bonchev–Trinajstić information content (AvgIpc) is 2.14. The van der Waals surface area contributed by atoms with E-state index in [1.165, 1.54) is 6.07 Å². The summed E-state index contributed by atoms with van der Waals surface area (Å²) >= 11 is 0. The Morgan fingerprint density at radius 2 is 1.94 bits per heavy atom. The van der Waals surface area contributed by atoms with Crippen LogP contribution >= 0.6 is 0 Å². The van der Waals surface area contributed by atoms with Crippen LogP contribution in [0.4, 0.5) is 17.6 Å². The summed E-state index contributed by atoms with van der Waals surface area (Å²) in [6.07, 6.45) is -3.61. The smallest absolute Gasteiger partial charge is 0.328 e. The third-order valence-electron chi connectivity index (χ3n) is 2.25. The monoisotopic (exact) mass is 235 g/mol. The van der Waals surface area contributed by atoms with Gasteiger partial charge in [0, 0.05) is 6.04 Å². The van der Waals surface area contributed by atoms with Gasteiger partial charge < -0.3 is 5.73 Å². The molecular formula is C11H13F4N. The first-order valence-electron chi connectivity index (χ1n) is 4.92. The van der Waals surface area contributed by atoms with Crippen molar-refractivity contribution in [3.05, 3.63) is 35.1 Å². The molecule has 1 atom stereocenters. The molecule has 0 saturated carbocycles. The second-order valence-electron chi connectivity index (χ2n) is 3.82. The van der Waals surface area contributed by atoms with Crippen LogP contribution in [0.2, 0.25) is 0 Å². The van der Waals surface area contributed by atoms with Gasteiger partial charge in [-0.25, -0.2) is 4.39 Å². The first-order valence-corrected chi connectivity index (χ1v) is 4.92. The normalized spacial score (nSPS) is 13.9. The van der Waals surface area contributed by atoms with Gasteiger partial charge in [-0.05, 0) is 37.5 Å². The number of hydrogen-bond donors (Lipinski definition) is 1. The number of nitrogens with two attached hydrogens (primary N) is 1. The zero-order chi connectivity index (χ0) is 12.3. The molecule has 1 aromatic rings. The van der Waals surface area contributed by atoms with Gasteiger partial charge in [0.15, 0.2) is 0 Å². The van der Waals surface area contributed by atoms with Crippen LogP contribution in [0.3, 0.4) is 0 Å². The molecule has 5 heteroatoms. The van der Waals surface area contributed by atoms with Crippen molar-refractivity contribution in [3.63, 3.8) is 0 Å². The number of benzene rings is 1. The Bertz CT molecular complexity index is 357. The molecule has 0 aromatic heterocycles.